The molecule has 3 aliphatic rings. The summed E-state index contributed by atoms with van der Waals surface area (Å²) in [6, 6.07) is 0.830. The number of primary amides is 1. The fourth-order valence-corrected chi connectivity index (χ4v) is 5.64. The molecule has 3 amide bonds. The van der Waals surface area contributed by atoms with Crippen molar-refractivity contribution in [3.05, 3.63) is 40.2 Å². The van der Waals surface area contributed by atoms with Crippen LogP contribution in [0.5, 0.6) is 5.75 Å². The van der Waals surface area contributed by atoms with Gasteiger partial charge in [-0.25, -0.2) is 9.59 Å². The van der Waals surface area contributed by atoms with Crippen molar-refractivity contribution in [2.24, 2.45) is 23.5 Å². The number of methoxy groups -OCH3 is 1. The van der Waals surface area contributed by atoms with Gasteiger partial charge in [0.1, 0.15) is 28.9 Å². The Bertz CT molecular complexity index is 1410. The van der Waals surface area contributed by atoms with E-state index in [-0.39, 0.29) is 29.2 Å². The van der Waals surface area contributed by atoms with Crippen molar-refractivity contribution in [2.75, 3.05) is 12.4 Å². The molecular formula is C26H29N3O11. The number of amides is 3. The van der Waals surface area contributed by atoms with E-state index in [2.05, 4.69) is 15.4 Å². The summed E-state index contributed by atoms with van der Waals surface area (Å²) in [5.74, 6) is -10.2. The molecule has 0 bridgehead atoms. The number of aromatic hydroxyl groups is 1. The number of esters is 1. The van der Waals surface area contributed by atoms with E-state index in [4.69, 9.17) is 5.73 Å². The van der Waals surface area contributed by atoms with Gasteiger partial charge in [-0.15, -0.1) is 0 Å². The molecule has 1 fully saturated rings. The molecule has 40 heavy (non-hydrogen) atoms. The number of hydrogen-bond donors (Lipinski definition) is 8. The maximum Gasteiger partial charge on any atom is 0.328 e. The lowest BCUT2D eigenvalue weighted by molar-refractivity contribution is -0.159. The highest BCUT2D eigenvalue weighted by molar-refractivity contribution is 6.23. The summed E-state index contributed by atoms with van der Waals surface area (Å²) in [5, 5.41) is 59.9. The first-order chi connectivity index (χ1) is 18.7. The second-order valence-electron chi connectivity index (χ2n) is 10.3. The van der Waals surface area contributed by atoms with Gasteiger partial charge in [-0.2, -0.15) is 0 Å². The van der Waals surface area contributed by atoms with Crippen LogP contribution in [0.4, 0.5) is 10.5 Å². The van der Waals surface area contributed by atoms with Crippen LogP contribution in [0.1, 0.15) is 31.4 Å². The average molecular weight is 560 g/mol. The van der Waals surface area contributed by atoms with Crippen LogP contribution in [0, 0.1) is 17.8 Å². The Hall–Kier alpha value is -4.43. The van der Waals surface area contributed by atoms with Gasteiger partial charge in [-0.3, -0.25) is 14.4 Å². The lowest BCUT2D eigenvalue weighted by atomic mass is 9.58. The number of benzene rings is 1. The molecule has 14 heteroatoms. The number of hydrogen-bond acceptors (Lipinski definition) is 11. The van der Waals surface area contributed by atoms with Crippen molar-refractivity contribution < 1.29 is 54.2 Å². The van der Waals surface area contributed by atoms with Crippen LogP contribution in [0.2, 0.25) is 0 Å². The molecule has 14 nitrogen and oxygen atoms in total. The van der Waals surface area contributed by atoms with Crippen LogP contribution in [0.25, 0.3) is 5.76 Å². The minimum Gasteiger partial charge on any atom is -0.508 e. The van der Waals surface area contributed by atoms with Crippen molar-refractivity contribution >= 4 is 40.9 Å². The number of nitrogens with two attached hydrogens (primary N) is 1. The van der Waals surface area contributed by atoms with Gasteiger partial charge in [0.15, 0.2) is 11.4 Å². The Morgan fingerprint density at radius 1 is 1.12 bits per heavy atom. The number of nitrogens with one attached hydrogen (secondary N) is 2. The summed E-state index contributed by atoms with van der Waals surface area (Å²) >= 11 is 0. The van der Waals surface area contributed by atoms with E-state index in [1.807, 2.05) is 0 Å². The zero-order valence-electron chi connectivity index (χ0n) is 21.7. The lowest BCUT2D eigenvalue weighted by Crippen LogP contribution is -2.63. The highest BCUT2D eigenvalue weighted by Crippen LogP contribution is 2.52. The number of carbonyl (C=O) groups excluding carboxylic acids is 5. The molecular weight excluding hydrogens is 530 g/mol. The molecule has 1 aromatic carbocycles. The van der Waals surface area contributed by atoms with Crippen LogP contribution in [0.3, 0.4) is 0 Å². The van der Waals surface area contributed by atoms with E-state index in [1.54, 1.807) is 13.8 Å². The zero-order chi connectivity index (χ0) is 29.8. The third-order valence-corrected chi connectivity index (χ3v) is 7.70. The monoisotopic (exact) mass is 559 g/mol. The van der Waals surface area contributed by atoms with Gasteiger partial charge in [0.05, 0.1) is 24.5 Å². The largest absolute Gasteiger partial charge is 0.508 e. The first kappa shape index (κ1) is 28.6. The zero-order valence-corrected chi connectivity index (χ0v) is 21.7. The highest BCUT2D eigenvalue weighted by Gasteiger charge is 2.63. The van der Waals surface area contributed by atoms with Gasteiger partial charge in [0.2, 0.25) is 5.78 Å². The number of carbonyl (C=O) groups is 5. The van der Waals surface area contributed by atoms with E-state index >= 15 is 0 Å². The van der Waals surface area contributed by atoms with Crippen LogP contribution in [-0.2, 0) is 30.3 Å². The number of rotatable bonds is 5. The van der Waals surface area contributed by atoms with Crippen molar-refractivity contribution in [1.29, 1.82) is 0 Å². The smallest absolute Gasteiger partial charge is 0.328 e. The van der Waals surface area contributed by atoms with Gasteiger partial charge in [-0.05, 0) is 24.0 Å². The maximum atomic E-state index is 13.6. The number of phenols is 1. The van der Waals surface area contributed by atoms with E-state index in [0.717, 1.165) is 7.11 Å². The number of urea groups is 1. The number of Topliss-reactive ketones (excluding diaryl/α,β-unsaturated/α-hetero) is 2. The Labute approximate surface area is 227 Å². The molecule has 0 aliphatic heterocycles. The molecule has 5 atom stereocenters. The van der Waals surface area contributed by atoms with Gasteiger partial charge in [0.25, 0.3) is 5.91 Å². The number of ether oxygens (including phenoxy) is 1. The van der Waals surface area contributed by atoms with E-state index in [1.165, 1.54) is 12.1 Å². The molecule has 9 N–H and O–H groups in total. The molecule has 0 saturated heterocycles. The average Bonchev–Trinajstić information content (AvgIpc) is 2.88. The van der Waals surface area contributed by atoms with Gasteiger partial charge >= 0.3 is 12.0 Å². The molecule has 3 aliphatic carbocycles. The Morgan fingerprint density at radius 2 is 1.77 bits per heavy atom. The number of aliphatic hydroxyl groups is 4. The van der Waals surface area contributed by atoms with E-state index < -0.39 is 93.9 Å². The summed E-state index contributed by atoms with van der Waals surface area (Å²) < 4.78 is 4.68. The normalized spacial score (nSPS) is 26.5. The summed E-state index contributed by atoms with van der Waals surface area (Å²) in [4.78, 5) is 62.3. The van der Waals surface area contributed by atoms with Gasteiger partial charge in [-0.1, -0.05) is 19.9 Å². The number of ketones is 2. The van der Waals surface area contributed by atoms with Crippen LogP contribution < -0.4 is 16.4 Å². The molecule has 214 valence electrons. The summed E-state index contributed by atoms with van der Waals surface area (Å²) in [6.07, 6.45) is -2.44. The van der Waals surface area contributed by atoms with Crippen molar-refractivity contribution in [2.45, 2.75) is 44.4 Å². The highest BCUT2D eigenvalue weighted by atomic mass is 16.5. The van der Waals surface area contributed by atoms with Gasteiger partial charge < -0.3 is 46.6 Å². The van der Waals surface area contributed by atoms with E-state index in [0.29, 0.717) is 0 Å². The lowest BCUT2D eigenvalue weighted by Gasteiger charge is -2.48. The topological polar surface area (TPSA) is 246 Å². The Balaban J connectivity index is 1.75. The molecule has 1 saturated carbocycles. The van der Waals surface area contributed by atoms with Crippen molar-refractivity contribution in [3.63, 3.8) is 0 Å². The van der Waals surface area contributed by atoms with Crippen molar-refractivity contribution in [3.8, 4) is 5.75 Å². The predicted octanol–water partition coefficient (Wildman–Crippen LogP) is -0.286. The predicted molar refractivity (Wildman–Crippen MR) is 136 cm³/mol. The van der Waals surface area contributed by atoms with Gasteiger partial charge in [0, 0.05) is 23.8 Å². The SMILES string of the molecule is COC(=O)C(NC(=O)Nc1ccc2c(c1O)C(O)=C1C(=O)[C@]3(O)C(O)=C(C(N)=O)C(=O)C[C@@H]3[C@@H](O)[C@@H]1C2)C(C)C. The fourth-order valence-electron chi connectivity index (χ4n) is 5.64. The van der Waals surface area contributed by atoms with Crippen LogP contribution in [0.15, 0.2) is 29.0 Å². The molecule has 1 unspecified atom stereocenters. The van der Waals surface area contributed by atoms with Crippen LogP contribution in [-0.4, -0.2) is 79.9 Å². The molecule has 0 aromatic heterocycles. The quantitative estimate of drug-likeness (QED) is 0.132. The third-order valence-electron chi connectivity index (χ3n) is 7.70. The second-order valence-corrected chi connectivity index (χ2v) is 10.3. The maximum absolute atomic E-state index is 13.6. The Kier molecular flexibility index (Phi) is 7.11. The molecule has 0 heterocycles. The number of fused-ring (bicyclic) bond motifs is 3. The standard InChI is InChI=1S/C26H29N3O11/c1-8(2)17(24(37)40-3)29-25(38)28-12-5-4-9-6-10-15(20(33)14(9)19(12)32)21(34)26(39)11(18(10)31)7-13(30)16(22(26)35)23(27)36/h4-5,8,10-11,17-18,31-33,35,39H,6-7H2,1-3H3,(H2,27,36)(H2,28,29,38)/t10-,11-,17?,18+,26+/m1/s1. The summed E-state index contributed by atoms with van der Waals surface area (Å²) in [5.41, 5.74) is 0.444. The molecule has 4 rings (SSSR count). The minimum absolute atomic E-state index is 0.132. The molecule has 0 radical (unpaired) electrons. The number of anilines is 1. The fraction of sp³-hybridized carbons (Fsp3) is 0.423. The first-order valence-electron chi connectivity index (χ1n) is 12.3. The minimum atomic E-state index is -2.94. The summed E-state index contributed by atoms with van der Waals surface area (Å²) in [7, 11) is 1.16. The Morgan fingerprint density at radius 3 is 2.35 bits per heavy atom. The molecule has 1 aromatic rings. The molecule has 0 spiro atoms. The first-order valence-corrected chi connectivity index (χ1v) is 12.3. The van der Waals surface area contributed by atoms with Crippen molar-refractivity contribution in [1.82, 2.24) is 5.32 Å². The summed E-state index contributed by atoms with van der Waals surface area (Å²) in [6.45, 7) is 3.35. The third kappa shape index (κ3) is 4.16. The second kappa shape index (κ2) is 9.95. The number of phenolic OH excluding ortho intramolecular Hbond substituents is 1. The van der Waals surface area contributed by atoms with Crippen LogP contribution >= 0.6 is 0 Å². The number of aliphatic hydroxyl groups excluding tert-OH is 3. The van der Waals surface area contributed by atoms with E-state index in [9.17, 15) is 49.5 Å².